The fourth-order valence-electron chi connectivity index (χ4n) is 2.68. The van der Waals surface area contributed by atoms with Crippen molar-refractivity contribution < 1.29 is 18.0 Å². The average molecular weight is 350 g/mol. The maximum Gasteiger partial charge on any atom is 0.416 e. The number of aryl methyl sites for hydroxylation is 1. The lowest BCUT2D eigenvalue weighted by Crippen LogP contribution is -2.49. The molecule has 1 saturated heterocycles. The summed E-state index contributed by atoms with van der Waals surface area (Å²) in [6.07, 6.45) is -4.40. The van der Waals surface area contributed by atoms with Crippen molar-refractivity contribution in [3.63, 3.8) is 0 Å². The van der Waals surface area contributed by atoms with E-state index in [0.29, 0.717) is 26.2 Å². The van der Waals surface area contributed by atoms with Crippen LogP contribution < -0.4 is 4.90 Å². The molecule has 1 aliphatic heterocycles. The molecule has 0 N–H and O–H groups in total. The number of rotatable bonds is 2. The highest BCUT2D eigenvalue weighted by Gasteiger charge is 2.30. The molecule has 0 aliphatic carbocycles. The van der Waals surface area contributed by atoms with Crippen LogP contribution in [0.4, 0.5) is 19.0 Å². The summed E-state index contributed by atoms with van der Waals surface area (Å²) in [4.78, 5) is 16.1. The van der Waals surface area contributed by atoms with Crippen LogP contribution in [0.5, 0.6) is 0 Å². The first-order valence-corrected chi connectivity index (χ1v) is 7.86. The Morgan fingerprint density at radius 2 is 1.60 bits per heavy atom. The first kappa shape index (κ1) is 17.2. The summed E-state index contributed by atoms with van der Waals surface area (Å²) in [5, 5.41) is 8.15. The van der Waals surface area contributed by atoms with Gasteiger partial charge in [-0.1, -0.05) is 0 Å². The number of halogens is 3. The van der Waals surface area contributed by atoms with Crippen LogP contribution in [0.15, 0.2) is 36.4 Å². The van der Waals surface area contributed by atoms with Gasteiger partial charge in [0, 0.05) is 31.7 Å². The number of amides is 1. The molecule has 0 bridgehead atoms. The Balaban J connectivity index is 1.62. The largest absolute Gasteiger partial charge is 0.416 e. The van der Waals surface area contributed by atoms with E-state index in [1.807, 2.05) is 24.0 Å². The molecule has 1 aliphatic rings. The summed E-state index contributed by atoms with van der Waals surface area (Å²) < 4.78 is 37.8. The molecule has 8 heteroatoms. The van der Waals surface area contributed by atoms with Crippen molar-refractivity contribution in [3.8, 4) is 0 Å². The van der Waals surface area contributed by atoms with Crippen LogP contribution in [0.3, 0.4) is 0 Å². The number of hydrogen-bond donors (Lipinski definition) is 0. The van der Waals surface area contributed by atoms with Crippen molar-refractivity contribution >= 4 is 11.7 Å². The van der Waals surface area contributed by atoms with E-state index in [4.69, 9.17) is 0 Å². The highest BCUT2D eigenvalue weighted by atomic mass is 19.4. The SMILES string of the molecule is Cc1ccc(N2CCN(C(=O)c3ccc(C(F)(F)F)cc3)CC2)nn1. The number of piperazine rings is 1. The molecule has 3 rings (SSSR count). The predicted molar refractivity (Wildman–Crippen MR) is 86.3 cm³/mol. The number of alkyl halides is 3. The van der Waals surface area contributed by atoms with E-state index >= 15 is 0 Å². The molecule has 25 heavy (non-hydrogen) atoms. The fraction of sp³-hybridized carbons (Fsp3) is 0.353. The van der Waals surface area contributed by atoms with E-state index in [1.54, 1.807) is 4.90 Å². The zero-order valence-electron chi connectivity index (χ0n) is 13.6. The van der Waals surface area contributed by atoms with E-state index in [2.05, 4.69) is 10.2 Å². The van der Waals surface area contributed by atoms with Crippen molar-refractivity contribution in [2.45, 2.75) is 13.1 Å². The normalized spacial score (nSPS) is 15.4. The van der Waals surface area contributed by atoms with Gasteiger partial charge in [-0.2, -0.15) is 18.3 Å². The van der Waals surface area contributed by atoms with Gasteiger partial charge in [0.15, 0.2) is 5.82 Å². The van der Waals surface area contributed by atoms with Crippen LogP contribution >= 0.6 is 0 Å². The number of carbonyl (C=O) groups is 1. The van der Waals surface area contributed by atoms with Gasteiger partial charge in [-0.25, -0.2) is 0 Å². The first-order chi connectivity index (χ1) is 11.8. The standard InChI is InChI=1S/C17H17F3N4O/c1-12-2-7-15(22-21-12)23-8-10-24(11-9-23)16(25)13-3-5-14(6-4-13)17(18,19)20/h2-7H,8-11H2,1H3. The molecule has 0 spiro atoms. The van der Waals surface area contributed by atoms with Gasteiger partial charge in [0.05, 0.1) is 11.3 Å². The summed E-state index contributed by atoms with van der Waals surface area (Å²) in [7, 11) is 0. The molecule has 2 aromatic rings. The monoisotopic (exact) mass is 350 g/mol. The van der Waals surface area contributed by atoms with Crippen molar-refractivity contribution in [1.29, 1.82) is 0 Å². The first-order valence-electron chi connectivity index (χ1n) is 7.86. The lowest BCUT2D eigenvalue weighted by Gasteiger charge is -2.35. The van der Waals surface area contributed by atoms with Crippen molar-refractivity contribution in [3.05, 3.63) is 53.2 Å². The van der Waals surface area contributed by atoms with Crippen molar-refractivity contribution in [2.75, 3.05) is 31.1 Å². The molecule has 0 radical (unpaired) electrons. The quantitative estimate of drug-likeness (QED) is 0.836. The number of aromatic nitrogens is 2. The number of carbonyl (C=O) groups excluding carboxylic acids is 1. The van der Waals surface area contributed by atoms with E-state index in [0.717, 1.165) is 23.6 Å². The molecule has 132 valence electrons. The van der Waals surface area contributed by atoms with Gasteiger partial charge >= 0.3 is 6.18 Å². The molecule has 1 aromatic carbocycles. The highest BCUT2D eigenvalue weighted by Crippen LogP contribution is 2.29. The van der Waals surface area contributed by atoms with E-state index in [-0.39, 0.29) is 11.5 Å². The molecular weight excluding hydrogens is 333 g/mol. The van der Waals surface area contributed by atoms with Gasteiger partial charge in [-0.3, -0.25) is 4.79 Å². The second kappa shape index (κ2) is 6.70. The minimum atomic E-state index is -4.40. The smallest absolute Gasteiger partial charge is 0.352 e. The second-order valence-corrected chi connectivity index (χ2v) is 5.89. The molecule has 1 amide bonds. The van der Waals surface area contributed by atoms with Crippen LogP contribution in [0.2, 0.25) is 0 Å². The Kier molecular flexibility index (Phi) is 4.61. The van der Waals surface area contributed by atoms with E-state index < -0.39 is 11.7 Å². The summed E-state index contributed by atoms with van der Waals surface area (Å²) in [5.41, 5.74) is 0.336. The van der Waals surface area contributed by atoms with Gasteiger partial charge in [-0.15, -0.1) is 5.10 Å². The third kappa shape index (κ3) is 3.89. The van der Waals surface area contributed by atoms with Crippen molar-refractivity contribution in [1.82, 2.24) is 15.1 Å². The fourth-order valence-corrected chi connectivity index (χ4v) is 2.68. The number of hydrogen-bond acceptors (Lipinski definition) is 4. The number of anilines is 1. The third-order valence-corrected chi connectivity index (χ3v) is 4.13. The second-order valence-electron chi connectivity index (χ2n) is 5.89. The van der Waals surface area contributed by atoms with Crippen LogP contribution in [0, 0.1) is 6.92 Å². The van der Waals surface area contributed by atoms with Gasteiger partial charge < -0.3 is 9.80 Å². The molecular formula is C17H17F3N4O. The Labute approximate surface area is 143 Å². The van der Waals surface area contributed by atoms with Gasteiger partial charge in [0.1, 0.15) is 0 Å². The number of nitrogens with zero attached hydrogens (tertiary/aromatic N) is 4. The Bertz CT molecular complexity index is 736. The molecule has 5 nitrogen and oxygen atoms in total. The molecule has 1 fully saturated rings. The van der Waals surface area contributed by atoms with Gasteiger partial charge in [0.2, 0.25) is 0 Å². The lowest BCUT2D eigenvalue weighted by molar-refractivity contribution is -0.137. The maximum absolute atomic E-state index is 12.6. The molecule has 0 atom stereocenters. The van der Waals surface area contributed by atoms with Crippen molar-refractivity contribution in [2.24, 2.45) is 0 Å². The third-order valence-electron chi connectivity index (χ3n) is 4.13. The Morgan fingerprint density at radius 3 is 2.12 bits per heavy atom. The average Bonchev–Trinajstić information content (AvgIpc) is 2.61. The minimum absolute atomic E-state index is 0.261. The predicted octanol–water partition coefficient (Wildman–Crippen LogP) is 2.77. The summed E-state index contributed by atoms with van der Waals surface area (Å²) in [6.45, 7) is 4.02. The highest BCUT2D eigenvalue weighted by molar-refractivity contribution is 5.94. The van der Waals surface area contributed by atoms with E-state index in [9.17, 15) is 18.0 Å². The maximum atomic E-state index is 12.6. The lowest BCUT2D eigenvalue weighted by atomic mass is 10.1. The van der Waals surface area contributed by atoms with Gasteiger partial charge in [-0.05, 0) is 43.3 Å². The topological polar surface area (TPSA) is 49.3 Å². The van der Waals surface area contributed by atoms with Crippen LogP contribution in [-0.4, -0.2) is 47.2 Å². The molecule has 0 unspecified atom stereocenters. The number of benzene rings is 1. The zero-order chi connectivity index (χ0) is 18.0. The summed E-state index contributed by atoms with van der Waals surface area (Å²) in [5.74, 6) is 0.496. The summed E-state index contributed by atoms with van der Waals surface area (Å²) >= 11 is 0. The molecule has 2 heterocycles. The molecule has 0 saturated carbocycles. The van der Waals surface area contributed by atoms with Crippen LogP contribution in [0.1, 0.15) is 21.6 Å². The summed E-state index contributed by atoms with van der Waals surface area (Å²) in [6, 6.07) is 8.08. The van der Waals surface area contributed by atoms with Crippen LogP contribution in [0.25, 0.3) is 0 Å². The Morgan fingerprint density at radius 1 is 0.960 bits per heavy atom. The Hall–Kier alpha value is -2.64. The molecule has 1 aromatic heterocycles. The zero-order valence-corrected chi connectivity index (χ0v) is 13.6. The van der Waals surface area contributed by atoms with E-state index in [1.165, 1.54) is 12.1 Å². The van der Waals surface area contributed by atoms with Crippen LogP contribution in [-0.2, 0) is 6.18 Å². The minimum Gasteiger partial charge on any atom is -0.352 e. The van der Waals surface area contributed by atoms with Gasteiger partial charge in [0.25, 0.3) is 5.91 Å².